The van der Waals surface area contributed by atoms with Gasteiger partial charge in [0.2, 0.25) is 0 Å². The maximum absolute atomic E-state index is 5.99. The molecule has 1 aromatic rings. The van der Waals surface area contributed by atoms with E-state index in [4.69, 9.17) is 10.5 Å². The summed E-state index contributed by atoms with van der Waals surface area (Å²) >= 11 is 1.94. The molecule has 0 aliphatic heterocycles. The number of ether oxygens (including phenoxy) is 1. The number of nitrogens with one attached hydrogen (secondary N) is 2. The Bertz CT molecular complexity index is 384. The fraction of sp³-hybridized carbons (Fsp3) is 0.625. The smallest absolute Gasteiger partial charge is 0.118 e. The zero-order chi connectivity index (χ0) is 15.7. The van der Waals surface area contributed by atoms with Crippen LogP contribution in [-0.2, 0) is 5.75 Å². The van der Waals surface area contributed by atoms with Gasteiger partial charge in [0.15, 0.2) is 0 Å². The van der Waals surface area contributed by atoms with Gasteiger partial charge in [-0.3, -0.25) is 0 Å². The first kappa shape index (κ1) is 18.3. The average Bonchev–Trinajstić information content (AvgIpc) is 2.51. The van der Waals surface area contributed by atoms with E-state index in [0.29, 0.717) is 12.1 Å². The predicted octanol–water partition coefficient (Wildman–Crippen LogP) is 1.84. The minimum atomic E-state index is 0.164. The average molecular weight is 311 g/mol. The van der Waals surface area contributed by atoms with Crippen molar-refractivity contribution in [3.05, 3.63) is 29.8 Å². The lowest BCUT2D eigenvalue weighted by molar-refractivity contribution is 0.404. The highest BCUT2D eigenvalue weighted by Gasteiger charge is 2.17. The Morgan fingerprint density at radius 1 is 1.19 bits per heavy atom. The third-order valence-corrected chi connectivity index (χ3v) is 4.87. The van der Waals surface area contributed by atoms with E-state index >= 15 is 0 Å². The largest absolute Gasteiger partial charge is 0.497 e. The molecule has 4 N–H and O–H groups in total. The maximum Gasteiger partial charge on any atom is 0.118 e. The highest BCUT2D eigenvalue weighted by atomic mass is 32.2. The van der Waals surface area contributed by atoms with Gasteiger partial charge in [0.25, 0.3) is 0 Å². The van der Waals surface area contributed by atoms with Gasteiger partial charge >= 0.3 is 0 Å². The molecule has 1 rings (SSSR count). The van der Waals surface area contributed by atoms with Crippen LogP contribution in [0.15, 0.2) is 24.3 Å². The number of benzene rings is 1. The lowest BCUT2D eigenvalue weighted by Crippen LogP contribution is -2.46. The third kappa shape index (κ3) is 6.70. The zero-order valence-corrected chi connectivity index (χ0v) is 14.4. The molecule has 0 radical (unpaired) electrons. The molecule has 120 valence electrons. The van der Waals surface area contributed by atoms with E-state index in [1.54, 1.807) is 7.11 Å². The number of hydrogen-bond acceptors (Lipinski definition) is 5. The first-order valence-electron chi connectivity index (χ1n) is 7.41. The molecule has 0 aromatic heterocycles. The van der Waals surface area contributed by atoms with E-state index in [9.17, 15) is 0 Å². The van der Waals surface area contributed by atoms with Crippen molar-refractivity contribution < 1.29 is 4.74 Å². The van der Waals surface area contributed by atoms with Crippen LogP contribution in [0.5, 0.6) is 5.75 Å². The Kier molecular flexibility index (Phi) is 8.76. The summed E-state index contributed by atoms with van der Waals surface area (Å²) in [5.74, 6) is 3.00. The highest BCUT2D eigenvalue weighted by molar-refractivity contribution is 7.98. The molecule has 5 heteroatoms. The second-order valence-corrected chi connectivity index (χ2v) is 6.37. The Hall–Kier alpha value is -0.750. The zero-order valence-electron chi connectivity index (χ0n) is 13.6. The molecule has 0 saturated carbocycles. The topological polar surface area (TPSA) is 59.3 Å². The first-order chi connectivity index (χ1) is 10.1. The second-order valence-electron chi connectivity index (χ2n) is 5.34. The lowest BCUT2D eigenvalue weighted by atomic mass is 10.0. The van der Waals surface area contributed by atoms with E-state index in [-0.39, 0.29) is 6.04 Å². The molecule has 0 saturated heterocycles. The van der Waals surface area contributed by atoms with E-state index in [1.807, 2.05) is 38.0 Å². The summed E-state index contributed by atoms with van der Waals surface area (Å²) in [5.41, 5.74) is 7.32. The van der Waals surface area contributed by atoms with Gasteiger partial charge in [-0.15, -0.1) is 0 Å². The molecule has 1 aromatic carbocycles. The molecule has 0 amide bonds. The molecule has 0 bridgehead atoms. The van der Waals surface area contributed by atoms with Gasteiger partial charge in [-0.05, 0) is 45.1 Å². The van der Waals surface area contributed by atoms with E-state index in [2.05, 4.69) is 29.7 Å². The van der Waals surface area contributed by atoms with Crippen LogP contribution in [0.25, 0.3) is 0 Å². The normalized spacial score (nSPS) is 15.5. The van der Waals surface area contributed by atoms with Gasteiger partial charge in [-0.25, -0.2) is 0 Å². The van der Waals surface area contributed by atoms with Crippen molar-refractivity contribution in [2.75, 3.05) is 27.0 Å². The van der Waals surface area contributed by atoms with Crippen LogP contribution >= 0.6 is 11.8 Å². The molecular weight excluding hydrogens is 282 g/mol. The molecule has 21 heavy (non-hydrogen) atoms. The molecule has 4 nitrogen and oxygen atoms in total. The van der Waals surface area contributed by atoms with Gasteiger partial charge in [0.1, 0.15) is 5.75 Å². The van der Waals surface area contributed by atoms with E-state index in [0.717, 1.165) is 23.7 Å². The number of likely N-dealkylation sites (N-methyl/N-ethyl adjacent to an activating group) is 1. The minimum absolute atomic E-state index is 0.164. The fourth-order valence-corrected chi connectivity index (χ4v) is 3.35. The number of hydrogen-bond donors (Lipinski definition) is 3. The van der Waals surface area contributed by atoms with Crippen LogP contribution in [0.3, 0.4) is 0 Å². The summed E-state index contributed by atoms with van der Waals surface area (Å²) in [6, 6.07) is 9.26. The standard InChI is InChI=1S/C16H29N3OS/c1-12(17)16(19-3)9-14(18-2)11-21-10-13-5-7-15(20-4)8-6-13/h5-8,12,14,16,18-19H,9-11,17H2,1-4H3/t12?,14-,16?/m1/s1. The van der Waals surface area contributed by atoms with Crippen LogP contribution in [0.2, 0.25) is 0 Å². The van der Waals surface area contributed by atoms with Crippen molar-refractivity contribution in [1.82, 2.24) is 10.6 Å². The summed E-state index contributed by atoms with van der Waals surface area (Å²) in [5, 5.41) is 6.69. The molecule has 0 aliphatic carbocycles. The number of nitrogens with two attached hydrogens (primary N) is 1. The quantitative estimate of drug-likeness (QED) is 0.615. The molecule has 0 aliphatic rings. The molecule has 0 fully saturated rings. The number of rotatable bonds is 10. The summed E-state index contributed by atoms with van der Waals surface area (Å²) in [6.07, 6.45) is 1.04. The van der Waals surface area contributed by atoms with Crippen LogP contribution < -0.4 is 21.1 Å². The molecule has 0 spiro atoms. The monoisotopic (exact) mass is 311 g/mol. The fourth-order valence-electron chi connectivity index (χ4n) is 2.21. The van der Waals surface area contributed by atoms with Gasteiger partial charge in [-0.1, -0.05) is 12.1 Å². The Morgan fingerprint density at radius 3 is 2.33 bits per heavy atom. The molecule has 2 unspecified atom stereocenters. The SMILES string of the molecule is CNC(C[C@H](CSCc1ccc(OC)cc1)NC)C(C)N. The van der Waals surface area contributed by atoms with Crippen LogP contribution in [-0.4, -0.2) is 45.1 Å². The predicted molar refractivity (Wildman–Crippen MR) is 93.1 cm³/mol. The minimum Gasteiger partial charge on any atom is -0.497 e. The number of thioether (sulfide) groups is 1. The van der Waals surface area contributed by atoms with Crippen LogP contribution in [0.4, 0.5) is 0 Å². The lowest BCUT2D eigenvalue weighted by Gasteiger charge is -2.25. The Morgan fingerprint density at radius 2 is 1.86 bits per heavy atom. The highest BCUT2D eigenvalue weighted by Crippen LogP contribution is 2.18. The Labute approximate surface area is 133 Å². The van der Waals surface area contributed by atoms with Crippen molar-refractivity contribution in [3.63, 3.8) is 0 Å². The summed E-state index contributed by atoms with van der Waals surface area (Å²) in [6.45, 7) is 2.05. The molecular formula is C16H29N3OS. The first-order valence-corrected chi connectivity index (χ1v) is 8.57. The summed E-state index contributed by atoms with van der Waals surface area (Å²) in [7, 11) is 5.69. The van der Waals surface area contributed by atoms with Crippen molar-refractivity contribution in [2.45, 2.75) is 37.2 Å². The second kappa shape index (κ2) is 10.1. The number of methoxy groups -OCH3 is 1. The van der Waals surface area contributed by atoms with Gasteiger partial charge < -0.3 is 21.1 Å². The van der Waals surface area contributed by atoms with Gasteiger partial charge in [-0.2, -0.15) is 11.8 Å². The van der Waals surface area contributed by atoms with Gasteiger partial charge in [0, 0.05) is 29.6 Å². The maximum atomic E-state index is 5.99. The van der Waals surface area contributed by atoms with Crippen LogP contribution in [0, 0.1) is 0 Å². The van der Waals surface area contributed by atoms with Gasteiger partial charge in [0.05, 0.1) is 7.11 Å². The summed E-state index contributed by atoms with van der Waals surface area (Å²) in [4.78, 5) is 0. The van der Waals surface area contributed by atoms with Crippen molar-refractivity contribution >= 4 is 11.8 Å². The van der Waals surface area contributed by atoms with Crippen molar-refractivity contribution in [1.29, 1.82) is 0 Å². The van der Waals surface area contributed by atoms with Crippen LogP contribution in [0.1, 0.15) is 18.9 Å². The third-order valence-electron chi connectivity index (χ3n) is 3.70. The van der Waals surface area contributed by atoms with Crippen molar-refractivity contribution in [3.8, 4) is 5.75 Å². The van der Waals surface area contributed by atoms with E-state index in [1.165, 1.54) is 5.56 Å². The Balaban J connectivity index is 2.37. The molecule has 0 heterocycles. The molecule has 3 atom stereocenters. The van der Waals surface area contributed by atoms with E-state index < -0.39 is 0 Å². The van der Waals surface area contributed by atoms with Crippen molar-refractivity contribution in [2.24, 2.45) is 5.73 Å². The summed E-state index contributed by atoms with van der Waals surface area (Å²) < 4.78 is 5.17.